The topological polar surface area (TPSA) is 79.5 Å². The first kappa shape index (κ1) is 14.6. The molecule has 1 heterocycles. The van der Waals surface area contributed by atoms with E-state index in [-0.39, 0.29) is 6.54 Å². The third kappa shape index (κ3) is 2.86. The van der Waals surface area contributed by atoms with E-state index in [1.807, 2.05) is 0 Å². The van der Waals surface area contributed by atoms with Crippen LogP contribution in [0.5, 0.6) is 5.75 Å². The Balaban J connectivity index is 2.54. The molecule has 0 saturated carbocycles. The summed E-state index contributed by atoms with van der Waals surface area (Å²) >= 11 is 0. The Morgan fingerprint density at radius 1 is 1.10 bits per heavy atom. The molecule has 0 bridgehead atoms. The van der Waals surface area contributed by atoms with Gasteiger partial charge in [0, 0.05) is 12.4 Å². The molecule has 0 saturated heterocycles. The maximum absolute atomic E-state index is 12.1. The number of carbonyl (C=O) groups is 1. The molecule has 2 aromatic rings. The number of esters is 1. The van der Waals surface area contributed by atoms with Crippen LogP contribution in [0.25, 0.3) is 5.69 Å². The van der Waals surface area contributed by atoms with Gasteiger partial charge < -0.3 is 9.47 Å². The minimum atomic E-state index is -0.811. The molecule has 0 unspecified atom stereocenters. The average molecular weight is 290 g/mol. The first-order valence-electron chi connectivity index (χ1n) is 6.10. The molecule has 0 aliphatic heterocycles. The SMILES string of the molecule is COC(=O)Cn1ccn(-c2ccccc2OC)c(=O)c1=O. The fourth-order valence-corrected chi connectivity index (χ4v) is 1.86. The van der Waals surface area contributed by atoms with Crippen LogP contribution in [0.1, 0.15) is 0 Å². The third-order valence-corrected chi connectivity index (χ3v) is 2.93. The molecule has 7 nitrogen and oxygen atoms in total. The van der Waals surface area contributed by atoms with E-state index in [2.05, 4.69) is 4.74 Å². The van der Waals surface area contributed by atoms with Gasteiger partial charge in [0.1, 0.15) is 12.3 Å². The second kappa shape index (κ2) is 6.08. The van der Waals surface area contributed by atoms with Gasteiger partial charge in [0.05, 0.1) is 19.9 Å². The standard InChI is InChI=1S/C14H14N2O5/c1-20-11-6-4-3-5-10(11)16-8-7-15(9-12(17)21-2)13(18)14(16)19/h3-8H,9H2,1-2H3. The maximum Gasteiger partial charge on any atom is 0.325 e. The highest BCUT2D eigenvalue weighted by Crippen LogP contribution is 2.19. The molecule has 0 N–H and O–H groups in total. The van der Waals surface area contributed by atoms with Crippen LogP contribution >= 0.6 is 0 Å². The number of benzene rings is 1. The maximum atomic E-state index is 12.1. The highest BCUT2D eigenvalue weighted by Gasteiger charge is 2.12. The van der Waals surface area contributed by atoms with Crippen molar-refractivity contribution in [1.82, 2.24) is 9.13 Å². The van der Waals surface area contributed by atoms with Gasteiger partial charge in [-0.3, -0.25) is 23.5 Å². The van der Waals surface area contributed by atoms with Gasteiger partial charge in [-0.25, -0.2) is 0 Å². The average Bonchev–Trinajstić information content (AvgIpc) is 2.52. The number of ether oxygens (including phenoxy) is 2. The molecule has 110 valence electrons. The Bertz CT molecular complexity index is 775. The number of aromatic nitrogens is 2. The molecule has 2 rings (SSSR count). The minimum Gasteiger partial charge on any atom is -0.495 e. The van der Waals surface area contributed by atoms with Crippen molar-refractivity contribution in [3.63, 3.8) is 0 Å². The van der Waals surface area contributed by atoms with E-state index >= 15 is 0 Å². The molecule has 0 spiro atoms. The Hall–Kier alpha value is -2.83. The molecule has 21 heavy (non-hydrogen) atoms. The van der Waals surface area contributed by atoms with Crippen molar-refractivity contribution in [2.75, 3.05) is 14.2 Å². The van der Waals surface area contributed by atoms with Crippen LogP contribution in [0.4, 0.5) is 0 Å². The van der Waals surface area contributed by atoms with Crippen LogP contribution < -0.4 is 15.9 Å². The molecule has 0 atom stereocenters. The Morgan fingerprint density at radius 2 is 1.81 bits per heavy atom. The zero-order chi connectivity index (χ0) is 15.4. The van der Waals surface area contributed by atoms with Gasteiger partial charge in [0.25, 0.3) is 0 Å². The summed E-state index contributed by atoms with van der Waals surface area (Å²) in [6.45, 7) is -0.308. The summed E-state index contributed by atoms with van der Waals surface area (Å²) in [6, 6.07) is 6.82. The fourth-order valence-electron chi connectivity index (χ4n) is 1.86. The van der Waals surface area contributed by atoms with Crippen molar-refractivity contribution in [2.24, 2.45) is 0 Å². The Labute approximate surface area is 120 Å². The van der Waals surface area contributed by atoms with Crippen LogP contribution in [0.2, 0.25) is 0 Å². The van der Waals surface area contributed by atoms with E-state index in [1.165, 1.54) is 31.2 Å². The molecule has 0 fully saturated rings. The summed E-state index contributed by atoms with van der Waals surface area (Å²) in [7, 11) is 2.69. The summed E-state index contributed by atoms with van der Waals surface area (Å²) in [5.74, 6) is -0.142. The first-order chi connectivity index (χ1) is 10.1. The van der Waals surface area contributed by atoms with Gasteiger partial charge in [-0.05, 0) is 12.1 Å². The highest BCUT2D eigenvalue weighted by molar-refractivity contribution is 5.68. The molecular formula is C14H14N2O5. The second-order valence-electron chi connectivity index (χ2n) is 4.15. The lowest BCUT2D eigenvalue weighted by atomic mass is 10.3. The fraction of sp³-hybridized carbons (Fsp3) is 0.214. The number of rotatable bonds is 4. The third-order valence-electron chi connectivity index (χ3n) is 2.93. The largest absolute Gasteiger partial charge is 0.495 e. The predicted octanol–water partition coefficient (Wildman–Crippen LogP) is 0.181. The molecule has 0 aliphatic carbocycles. The number of hydrogen-bond donors (Lipinski definition) is 0. The van der Waals surface area contributed by atoms with E-state index in [9.17, 15) is 14.4 Å². The van der Waals surface area contributed by atoms with Gasteiger partial charge in [-0.2, -0.15) is 0 Å². The molecule has 7 heteroatoms. The van der Waals surface area contributed by atoms with Crippen molar-refractivity contribution in [3.05, 3.63) is 57.4 Å². The number of hydrogen-bond acceptors (Lipinski definition) is 5. The monoisotopic (exact) mass is 290 g/mol. The number of carbonyl (C=O) groups excluding carboxylic acids is 1. The van der Waals surface area contributed by atoms with E-state index in [0.717, 1.165) is 4.57 Å². The lowest BCUT2D eigenvalue weighted by Crippen LogP contribution is -2.41. The first-order valence-corrected chi connectivity index (χ1v) is 6.10. The lowest BCUT2D eigenvalue weighted by molar-refractivity contribution is -0.141. The second-order valence-corrected chi connectivity index (χ2v) is 4.15. The van der Waals surface area contributed by atoms with Crippen molar-refractivity contribution in [1.29, 1.82) is 0 Å². The molecule has 1 aromatic heterocycles. The van der Waals surface area contributed by atoms with Crippen molar-refractivity contribution in [3.8, 4) is 11.4 Å². The van der Waals surface area contributed by atoms with Crippen molar-refractivity contribution >= 4 is 5.97 Å². The molecule has 0 aliphatic rings. The quantitative estimate of drug-likeness (QED) is 0.593. The summed E-state index contributed by atoms with van der Waals surface area (Å²) in [5, 5.41) is 0. The predicted molar refractivity (Wildman–Crippen MR) is 74.9 cm³/mol. The van der Waals surface area contributed by atoms with Gasteiger partial charge in [-0.1, -0.05) is 12.1 Å². The van der Waals surface area contributed by atoms with Crippen LogP contribution in [0, 0.1) is 0 Å². The van der Waals surface area contributed by atoms with Crippen molar-refractivity contribution in [2.45, 2.75) is 6.54 Å². The van der Waals surface area contributed by atoms with E-state index in [1.54, 1.807) is 24.3 Å². The molecular weight excluding hydrogens is 276 g/mol. The number of methoxy groups -OCH3 is 2. The van der Waals surface area contributed by atoms with Crippen molar-refractivity contribution < 1.29 is 14.3 Å². The van der Waals surface area contributed by atoms with Gasteiger partial charge in [0.15, 0.2) is 0 Å². The summed E-state index contributed by atoms with van der Waals surface area (Å²) in [4.78, 5) is 35.3. The smallest absolute Gasteiger partial charge is 0.325 e. The van der Waals surface area contributed by atoms with E-state index in [4.69, 9.17) is 4.74 Å². The van der Waals surface area contributed by atoms with Crippen LogP contribution in [0.3, 0.4) is 0 Å². The normalized spacial score (nSPS) is 10.2. The van der Waals surface area contributed by atoms with Crippen LogP contribution in [-0.2, 0) is 16.1 Å². The number of para-hydroxylation sites is 2. The highest BCUT2D eigenvalue weighted by atomic mass is 16.5. The minimum absolute atomic E-state index is 0.308. The summed E-state index contributed by atoms with van der Waals surface area (Å²) in [5.41, 5.74) is -1.13. The zero-order valence-corrected chi connectivity index (χ0v) is 11.6. The van der Waals surface area contributed by atoms with Crippen LogP contribution in [-0.4, -0.2) is 29.3 Å². The van der Waals surface area contributed by atoms with Gasteiger partial charge >= 0.3 is 17.1 Å². The summed E-state index contributed by atoms with van der Waals surface area (Å²) in [6.07, 6.45) is 2.76. The lowest BCUT2D eigenvalue weighted by Gasteiger charge is -2.11. The molecule has 1 aromatic carbocycles. The molecule has 0 radical (unpaired) electrons. The van der Waals surface area contributed by atoms with Gasteiger partial charge in [-0.15, -0.1) is 0 Å². The van der Waals surface area contributed by atoms with Crippen LogP contribution in [0.15, 0.2) is 46.2 Å². The van der Waals surface area contributed by atoms with E-state index < -0.39 is 17.1 Å². The van der Waals surface area contributed by atoms with Gasteiger partial charge in [0.2, 0.25) is 0 Å². The number of nitrogens with zero attached hydrogens (tertiary/aromatic N) is 2. The molecule has 0 amide bonds. The summed E-state index contributed by atoms with van der Waals surface area (Å²) < 4.78 is 11.8. The van der Waals surface area contributed by atoms with E-state index in [0.29, 0.717) is 11.4 Å². The Morgan fingerprint density at radius 3 is 2.48 bits per heavy atom. The zero-order valence-electron chi connectivity index (χ0n) is 11.6. The Kier molecular flexibility index (Phi) is 4.22.